The molecule has 1 saturated carbocycles. The summed E-state index contributed by atoms with van der Waals surface area (Å²) in [7, 11) is 1.97. The minimum absolute atomic E-state index is 0.0172. The number of β-amino-alcohol motifs (C(OH)–C–C–N with tert-alkyl or cyclic N) is 1. The molecule has 72 heavy (non-hydrogen) atoms. The number of ketones is 1. The third kappa shape index (κ3) is 10.9. The molecule has 3 aliphatic rings. The van der Waals surface area contributed by atoms with E-state index in [0.717, 1.165) is 68.6 Å². The van der Waals surface area contributed by atoms with Gasteiger partial charge in [-0.3, -0.25) is 23.9 Å². The summed E-state index contributed by atoms with van der Waals surface area (Å²) in [6.07, 6.45) is 5.72. The zero-order valence-corrected chi connectivity index (χ0v) is 44.2. The van der Waals surface area contributed by atoms with Gasteiger partial charge in [-0.25, -0.2) is 4.98 Å². The van der Waals surface area contributed by atoms with Crippen molar-refractivity contribution in [2.45, 2.75) is 136 Å². The van der Waals surface area contributed by atoms with Crippen molar-refractivity contribution < 1.29 is 24.2 Å². The van der Waals surface area contributed by atoms with E-state index in [-0.39, 0.29) is 67.1 Å². The van der Waals surface area contributed by atoms with E-state index < -0.39 is 23.6 Å². The molecule has 1 unspecified atom stereocenters. The van der Waals surface area contributed by atoms with Crippen LogP contribution in [0.2, 0.25) is 5.02 Å². The Morgan fingerprint density at radius 2 is 1.61 bits per heavy atom. The van der Waals surface area contributed by atoms with Crippen molar-refractivity contribution >= 4 is 46.2 Å². The van der Waals surface area contributed by atoms with Crippen molar-refractivity contribution in [3.05, 3.63) is 135 Å². The maximum atomic E-state index is 14.4. The van der Waals surface area contributed by atoms with E-state index in [4.69, 9.17) is 21.3 Å². The summed E-state index contributed by atoms with van der Waals surface area (Å²) in [4.78, 5) is 54.6. The van der Waals surface area contributed by atoms with Crippen LogP contribution in [0, 0.1) is 32.1 Å². The second-order valence-corrected chi connectivity index (χ2v) is 22.9. The van der Waals surface area contributed by atoms with E-state index in [9.17, 15) is 19.5 Å². The van der Waals surface area contributed by atoms with Crippen molar-refractivity contribution in [1.29, 1.82) is 0 Å². The summed E-state index contributed by atoms with van der Waals surface area (Å²) in [5.41, 5.74) is 6.28. The number of halogens is 1. The number of hydrogen-bond donors (Lipinski definition) is 3. The van der Waals surface area contributed by atoms with Crippen LogP contribution in [-0.4, -0.2) is 94.5 Å². The van der Waals surface area contributed by atoms with E-state index in [1.807, 2.05) is 94.0 Å². The summed E-state index contributed by atoms with van der Waals surface area (Å²) in [5.74, 6) is 2.88. The molecule has 6 aromatic rings. The highest BCUT2D eigenvalue weighted by atomic mass is 35.5. The molecule has 3 aromatic carbocycles. The number of fused-ring (bicyclic) bond motifs is 3. The number of aromatic nitrogens is 5. The van der Waals surface area contributed by atoms with Crippen molar-refractivity contribution in [1.82, 2.24) is 39.8 Å². The molecule has 6 atom stereocenters. The summed E-state index contributed by atoms with van der Waals surface area (Å²) >= 11 is 7.97. The third-order valence-electron chi connectivity index (χ3n) is 14.7. The molecule has 3 N–H and O–H groups in total. The number of aryl methyl sites for hydroxylation is 3. The van der Waals surface area contributed by atoms with Crippen molar-refractivity contribution in [3.8, 4) is 22.1 Å². The fourth-order valence-electron chi connectivity index (χ4n) is 10.5. The molecule has 2 fully saturated rings. The van der Waals surface area contributed by atoms with Gasteiger partial charge in [0.15, 0.2) is 5.82 Å². The van der Waals surface area contributed by atoms with Crippen LogP contribution in [0.15, 0.2) is 90.2 Å². The molecule has 0 spiro atoms. The summed E-state index contributed by atoms with van der Waals surface area (Å²) in [6, 6.07) is 21.8. The van der Waals surface area contributed by atoms with Gasteiger partial charge in [0.25, 0.3) is 0 Å². The van der Waals surface area contributed by atoms with Crippen LogP contribution in [0.1, 0.15) is 123 Å². The minimum atomic E-state index is -0.805. The van der Waals surface area contributed by atoms with Crippen molar-refractivity contribution in [3.63, 3.8) is 0 Å². The lowest BCUT2D eigenvalue weighted by Gasteiger charge is -2.38. The summed E-state index contributed by atoms with van der Waals surface area (Å²) in [6.45, 7) is 16.4. The smallest absolute Gasteiger partial charge is 0.246 e. The molecule has 16 heteroatoms. The van der Waals surface area contributed by atoms with Gasteiger partial charge in [-0.15, -0.1) is 21.5 Å². The highest BCUT2D eigenvalue weighted by molar-refractivity contribution is 7.15. The SMILES string of the molecule is Cc1sc2c(c1C)C(c1ccc(Cl)cc1)=N[C@@H](CC(=O)CC1CC(Oc3ccc(CC(=O)N[C@H](C(=O)N4C[C@H](O)C[C@H]4C(C)N[C@@H](C)c4ccc(-c5nccn5C)cc4)C(C)(C)C)cc3)C1)c1nnc(C)n1-2. The molecule has 1 aliphatic carbocycles. The zero-order valence-electron chi connectivity index (χ0n) is 42.6. The number of thiophene rings is 1. The average molecular weight is 1010 g/mol. The first-order valence-corrected chi connectivity index (χ1v) is 26.3. The maximum absolute atomic E-state index is 14.4. The number of Topliss-reactive ketones (excluding diaryl/α,β-unsaturated/α-hetero) is 1. The largest absolute Gasteiger partial charge is 0.490 e. The molecule has 2 amide bonds. The number of aliphatic hydroxyl groups excluding tert-OH is 1. The number of carbonyl (C=O) groups is 3. The molecule has 14 nitrogen and oxygen atoms in total. The minimum Gasteiger partial charge on any atom is -0.490 e. The van der Waals surface area contributed by atoms with Gasteiger partial charge in [0.05, 0.1) is 24.3 Å². The van der Waals surface area contributed by atoms with E-state index in [0.29, 0.717) is 29.4 Å². The molecular formula is C56H66ClN9O5S. The monoisotopic (exact) mass is 1010 g/mol. The Balaban J connectivity index is 0.768. The van der Waals surface area contributed by atoms with Crippen LogP contribution in [0.3, 0.4) is 0 Å². The van der Waals surface area contributed by atoms with Crippen LogP contribution in [0.5, 0.6) is 5.75 Å². The Bertz CT molecular complexity index is 2970. The zero-order chi connectivity index (χ0) is 51.2. The topological polar surface area (TPSA) is 169 Å². The number of ether oxygens (including phenoxy) is 1. The molecule has 0 radical (unpaired) electrons. The Labute approximate surface area is 431 Å². The standard InChI is InChI=1S/C56H66ClN9O5S/c1-31-34(4)72-55-49(31)50(39-16-18-41(57)19-17-39)60-46(53-63-62-35(5)66(53)55)28-42(67)24-37-25-45(26-37)71-44-20-10-36(11-21-44)27-48(69)61-51(56(6,7)8)54(70)65-30-43(68)29-47(65)33(3)59-32(2)38-12-14-40(15-13-38)52-58-22-23-64(52)9/h10-23,32-33,37,43,45-47,51,59,68H,24-30H2,1-9H3,(H,61,69)/t32-,33?,37?,43+,45?,46-,47-,51+/m0/s1. The Hall–Kier alpha value is -6.00. The first-order valence-electron chi connectivity index (χ1n) is 25.1. The summed E-state index contributed by atoms with van der Waals surface area (Å²) in [5, 5.41) is 28.3. The van der Waals surface area contributed by atoms with Crippen LogP contribution in [0.25, 0.3) is 16.4 Å². The number of aliphatic imine (C=N–C) groups is 1. The maximum Gasteiger partial charge on any atom is 0.246 e. The number of likely N-dealkylation sites (tertiary alicyclic amines) is 1. The van der Waals surface area contributed by atoms with Gasteiger partial charge >= 0.3 is 0 Å². The number of aliphatic hydroxyl groups is 1. The summed E-state index contributed by atoms with van der Waals surface area (Å²) < 4.78 is 10.4. The third-order valence-corrected chi connectivity index (χ3v) is 16.1. The van der Waals surface area contributed by atoms with Gasteiger partial charge < -0.3 is 29.9 Å². The number of nitrogens with one attached hydrogen (secondary N) is 2. The number of benzene rings is 3. The fourth-order valence-corrected chi connectivity index (χ4v) is 11.9. The molecule has 5 heterocycles. The predicted molar refractivity (Wildman–Crippen MR) is 282 cm³/mol. The lowest BCUT2D eigenvalue weighted by molar-refractivity contribution is -0.140. The van der Waals surface area contributed by atoms with Crippen molar-refractivity contribution in [2.75, 3.05) is 6.54 Å². The van der Waals surface area contributed by atoms with Gasteiger partial charge in [-0.05, 0) is 106 Å². The molecule has 9 rings (SSSR count). The van der Waals surface area contributed by atoms with E-state index >= 15 is 0 Å². The van der Waals surface area contributed by atoms with Gasteiger partial charge in [-0.2, -0.15) is 0 Å². The highest BCUT2D eigenvalue weighted by Crippen LogP contribution is 2.41. The second kappa shape index (κ2) is 20.9. The Kier molecular flexibility index (Phi) is 14.7. The van der Waals surface area contributed by atoms with Crippen LogP contribution in [0.4, 0.5) is 0 Å². The Morgan fingerprint density at radius 3 is 2.28 bits per heavy atom. The molecule has 1 saturated heterocycles. The van der Waals surface area contributed by atoms with Gasteiger partial charge in [0, 0.05) is 83.5 Å². The number of amides is 2. The average Bonchev–Trinajstić information content (AvgIpc) is 4.10. The van der Waals surface area contributed by atoms with Gasteiger partial charge in [0.1, 0.15) is 40.3 Å². The molecule has 2 aliphatic heterocycles. The van der Waals surface area contributed by atoms with Gasteiger partial charge in [-0.1, -0.05) is 80.9 Å². The number of imidazole rings is 1. The van der Waals surface area contributed by atoms with E-state index in [2.05, 4.69) is 82.3 Å². The lowest BCUT2D eigenvalue weighted by atomic mass is 9.78. The molecule has 378 valence electrons. The first-order chi connectivity index (χ1) is 34.3. The van der Waals surface area contributed by atoms with E-state index in [1.165, 1.54) is 4.88 Å². The number of nitrogens with zero attached hydrogens (tertiary/aromatic N) is 7. The highest BCUT2D eigenvalue weighted by Gasteiger charge is 2.44. The fraction of sp³-hybridized carbons (Fsp3) is 0.446. The van der Waals surface area contributed by atoms with Gasteiger partial charge in [0.2, 0.25) is 11.8 Å². The number of hydrogen-bond acceptors (Lipinski definition) is 11. The second-order valence-electron chi connectivity index (χ2n) is 21.2. The molecule has 0 bridgehead atoms. The van der Waals surface area contributed by atoms with Crippen LogP contribution >= 0.6 is 22.9 Å². The quantitative estimate of drug-likeness (QED) is 0.0856. The lowest BCUT2D eigenvalue weighted by Crippen LogP contribution is -2.58. The Morgan fingerprint density at radius 1 is 0.917 bits per heavy atom. The number of rotatable bonds is 16. The first kappa shape index (κ1) is 50.9. The van der Waals surface area contributed by atoms with Crippen LogP contribution < -0.4 is 15.4 Å². The normalized spacial score (nSPS) is 20.9. The van der Waals surface area contributed by atoms with E-state index in [1.54, 1.807) is 22.4 Å². The number of carbonyl (C=O) groups excluding carboxylic acids is 3. The molecular weight excluding hydrogens is 946 g/mol. The van der Waals surface area contributed by atoms with Crippen LogP contribution in [-0.2, 0) is 27.9 Å². The van der Waals surface area contributed by atoms with Crippen molar-refractivity contribution in [2.24, 2.45) is 23.4 Å². The predicted octanol–water partition coefficient (Wildman–Crippen LogP) is 9.18. The molecule has 3 aromatic heterocycles.